The van der Waals surface area contributed by atoms with Crippen molar-refractivity contribution in [3.63, 3.8) is 0 Å². The molecule has 51 heteroatoms. The summed E-state index contributed by atoms with van der Waals surface area (Å²) < 4.78 is 36.2. The van der Waals surface area contributed by atoms with E-state index in [1.54, 1.807) is 0 Å². The standard InChI is InChI=1S/C75H120N12O39/c1-29(2)20-39(66(112)79-37(15-18-50(98)99)65(111)85-43(26-88)69(115)80-36(14-17-49(96)97)64(110)84-42(72(117)118)24-52(102)103)82-63(109)38(16-19-51(100)101)81-70(116)53(31(5)91)87-68(114)40(21-30(3)4)83-67(113)41(78-48(95)25-76-33(7)92)23-47(94)86-71-54(77-34(8)93)61(126-74-58(107)57(106)55(104)32(6)121-74)60(46(28-90)123-71)125-75-59(108)62(56(105)45(27-89)124-75)122-44(73(119)120)22-35-12-10-9-11-13-35/h29-32,35-46,53-62,71,74-75,88-91,104-108H,9-28H2,1-8H3,(H,76,92)(H,77,93)(H,78,95)(H,79,112)(H,80,115)(H,81,116)(H,82,109)(H,83,113)(H,84,110)(H,85,111)(H,86,94)(H,87,114)(H,96,97)(H,98,99)(H,100,101)(H,102,103)(H,117,118)(H,119,120)/t31-,32+,36+,37+,38+,39+,40+,41+,42+,43+,44+,45-,46-,53+,54-,55-,56+,57-,58+,59-,60-,61-,62+,71-,74+,75+/m1/s1. The number of carboxylic acids is 6. The zero-order valence-electron chi connectivity index (χ0n) is 70.4. The molecule has 51 nitrogen and oxygen atoms in total. The molecular formula is C75H120N12O39. The number of aliphatic hydroxyl groups excluding tert-OH is 9. The van der Waals surface area contributed by atoms with Crippen LogP contribution >= 0.6 is 0 Å². The van der Waals surface area contributed by atoms with Gasteiger partial charge in [-0.1, -0.05) is 59.8 Å². The zero-order chi connectivity index (χ0) is 95.0. The van der Waals surface area contributed by atoms with E-state index in [2.05, 4.69) is 47.9 Å². The van der Waals surface area contributed by atoms with Gasteiger partial charge in [0.05, 0.1) is 51.4 Å². The molecule has 0 aromatic heterocycles. The summed E-state index contributed by atoms with van der Waals surface area (Å²) in [5.41, 5.74) is 0. The first-order chi connectivity index (χ1) is 59.0. The maximum Gasteiger partial charge on any atom is 0.332 e. The van der Waals surface area contributed by atoms with Crippen LogP contribution in [0.3, 0.4) is 0 Å². The minimum Gasteiger partial charge on any atom is -0.481 e. The summed E-state index contributed by atoms with van der Waals surface area (Å²) >= 11 is 0. The van der Waals surface area contributed by atoms with Crippen molar-refractivity contribution in [2.75, 3.05) is 26.4 Å². The molecule has 0 aromatic rings. The summed E-state index contributed by atoms with van der Waals surface area (Å²) in [7, 11) is 0. The first-order valence-electron chi connectivity index (χ1n) is 40.7. The van der Waals surface area contributed by atoms with Gasteiger partial charge in [-0.3, -0.25) is 76.7 Å². The van der Waals surface area contributed by atoms with Crippen molar-refractivity contribution in [3.05, 3.63) is 0 Å². The average molecular weight is 1810 g/mol. The third-order valence-electron chi connectivity index (χ3n) is 20.6. The lowest BCUT2D eigenvalue weighted by Crippen LogP contribution is -2.72. The molecule has 4 rings (SSSR count). The number of amides is 12. The summed E-state index contributed by atoms with van der Waals surface area (Å²) in [4.78, 5) is 238. The lowest BCUT2D eigenvalue weighted by Gasteiger charge is -2.50. The Morgan fingerprint density at radius 2 is 0.873 bits per heavy atom. The highest BCUT2D eigenvalue weighted by atomic mass is 16.7. The van der Waals surface area contributed by atoms with E-state index >= 15 is 0 Å². The lowest BCUT2D eigenvalue weighted by molar-refractivity contribution is -0.364. The van der Waals surface area contributed by atoms with Gasteiger partial charge in [-0.2, -0.15) is 0 Å². The number of rotatable bonds is 52. The molecule has 0 unspecified atom stereocenters. The Kier molecular flexibility index (Phi) is 44.8. The van der Waals surface area contributed by atoms with E-state index in [1.165, 1.54) is 34.6 Å². The van der Waals surface area contributed by atoms with Crippen molar-refractivity contribution in [2.45, 2.75) is 317 Å². The van der Waals surface area contributed by atoms with E-state index in [0.29, 0.717) is 12.8 Å². The fourth-order valence-electron chi connectivity index (χ4n) is 14.0. The van der Waals surface area contributed by atoms with Crippen LogP contribution in [0.5, 0.6) is 0 Å². The van der Waals surface area contributed by atoms with E-state index in [4.69, 9.17) is 33.5 Å². The van der Waals surface area contributed by atoms with Gasteiger partial charge in [0.2, 0.25) is 70.9 Å². The molecule has 27 N–H and O–H groups in total. The number of hydrogen-bond acceptors (Lipinski definition) is 33. The van der Waals surface area contributed by atoms with Gasteiger partial charge >= 0.3 is 35.8 Å². The Morgan fingerprint density at radius 1 is 0.421 bits per heavy atom. The van der Waals surface area contributed by atoms with Crippen molar-refractivity contribution in [1.82, 2.24) is 63.8 Å². The Labute approximate surface area is 720 Å². The second kappa shape index (κ2) is 52.2. The molecule has 3 heterocycles. The first-order valence-corrected chi connectivity index (χ1v) is 40.7. The highest BCUT2D eigenvalue weighted by Crippen LogP contribution is 2.36. The van der Waals surface area contributed by atoms with Gasteiger partial charge in [-0.05, 0) is 70.1 Å². The van der Waals surface area contributed by atoms with Crippen LogP contribution in [-0.2, 0) is 115 Å². The van der Waals surface area contributed by atoms with E-state index in [9.17, 15) is 158 Å². The van der Waals surface area contributed by atoms with E-state index in [0.717, 1.165) is 40.0 Å². The van der Waals surface area contributed by atoms with Gasteiger partial charge in [-0.15, -0.1) is 0 Å². The van der Waals surface area contributed by atoms with Crippen LogP contribution in [0.25, 0.3) is 0 Å². The summed E-state index contributed by atoms with van der Waals surface area (Å²) in [5, 5.41) is 183. The third kappa shape index (κ3) is 34.9. The van der Waals surface area contributed by atoms with Gasteiger partial charge in [0.15, 0.2) is 24.9 Å². The molecular weight excluding hydrogens is 1690 g/mol. The fourth-order valence-corrected chi connectivity index (χ4v) is 14.0. The molecule has 0 radical (unpaired) electrons. The van der Waals surface area contributed by atoms with Crippen LogP contribution in [0.1, 0.15) is 158 Å². The second-order valence-corrected chi connectivity index (χ2v) is 31.9. The molecule has 0 aromatic carbocycles. The first kappa shape index (κ1) is 108. The summed E-state index contributed by atoms with van der Waals surface area (Å²) in [6.45, 7) is 5.91. The summed E-state index contributed by atoms with van der Waals surface area (Å²) in [5.74, 6) is -26.3. The number of hydrogen-bond donors (Lipinski definition) is 27. The van der Waals surface area contributed by atoms with E-state index < -0.39 is 355 Å². The third-order valence-corrected chi connectivity index (χ3v) is 20.6. The SMILES string of the molecule is CC(=O)NCC(=O)N[C@@H](CC(=O)N[C@@H]1O[C@H](CO)[C@@H](O[C@@H]2O[C@H](CO)[C@H](O)[C@H](O[C@@H](CC3CCCCC3)C(=O)O)[C@H]2O)[C@H](O[C@@H]2O[C@@H](C)[C@@H](O)[C@@H](O)[C@@H]2O)[C@H]1NC(C)=O)C(=O)N[C@@H](CC(C)C)C(=O)N[C@H](C(=O)N[C@@H](CCC(=O)O)C(=O)N[C@@H](CC(C)C)C(=O)N[C@@H](CCC(=O)O)C(=O)N[C@@H](CO)C(=O)N[C@@H](CCC(=O)O)C(=O)N[C@@H](CC(=O)O)C(=O)O)[C@@H](C)O. The topological polar surface area (TPSA) is 810 Å². The van der Waals surface area contributed by atoms with Crippen LogP contribution in [0.15, 0.2) is 0 Å². The molecule has 3 aliphatic heterocycles. The number of aliphatic hydroxyl groups is 9. The van der Waals surface area contributed by atoms with Crippen LogP contribution < -0.4 is 63.8 Å². The van der Waals surface area contributed by atoms with Crippen molar-refractivity contribution >= 4 is 107 Å². The van der Waals surface area contributed by atoms with Gasteiger partial charge in [0.1, 0.15) is 121 Å². The Bertz CT molecular complexity index is 3740. The van der Waals surface area contributed by atoms with Crippen LogP contribution in [0.4, 0.5) is 0 Å². The molecule has 12 amide bonds. The molecule has 0 spiro atoms. The molecule has 4 aliphatic rings. The number of aliphatic carboxylic acids is 6. The highest BCUT2D eigenvalue weighted by Gasteiger charge is 2.56. The minimum atomic E-state index is -2.19. The van der Waals surface area contributed by atoms with Crippen LogP contribution in [-0.4, -0.2) is 368 Å². The van der Waals surface area contributed by atoms with Gasteiger partial charge in [-0.25, -0.2) is 9.59 Å². The highest BCUT2D eigenvalue weighted by molar-refractivity contribution is 6.00. The van der Waals surface area contributed by atoms with Crippen LogP contribution in [0.2, 0.25) is 0 Å². The number of carboxylic acid groups (broad SMARTS) is 6. The lowest BCUT2D eigenvalue weighted by atomic mass is 9.85. The Hall–Kier alpha value is -10.1. The number of ether oxygens (including phenoxy) is 6. The predicted molar refractivity (Wildman–Crippen MR) is 418 cm³/mol. The maximum absolute atomic E-state index is 14.8. The number of carbonyl (C=O) groups excluding carboxylic acids is 12. The molecule has 1 aliphatic carbocycles. The smallest absolute Gasteiger partial charge is 0.332 e. The Morgan fingerprint density at radius 3 is 1.33 bits per heavy atom. The van der Waals surface area contributed by atoms with Crippen molar-refractivity contribution in [3.8, 4) is 0 Å². The molecule has 126 heavy (non-hydrogen) atoms. The summed E-state index contributed by atoms with van der Waals surface area (Å²) in [6, 6.07) is -20.1. The molecule has 26 atom stereocenters. The predicted octanol–water partition coefficient (Wildman–Crippen LogP) is -10.3. The number of carbonyl (C=O) groups is 18. The van der Waals surface area contributed by atoms with Gasteiger partial charge in [0, 0.05) is 33.1 Å². The molecule has 714 valence electrons. The molecule has 3 saturated heterocycles. The number of nitrogens with one attached hydrogen (secondary N) is 12. The fraction of sp³-hybridized carbons (Fsp3) is 0.760. The van der Waals surface area contributed by atoms with E-state index in [1.807, 2.05) is 16.0 Å². The normalized spacial score (nSPS) is 25.8. The van der Waals surface area contributed by atoms with Crippen molar-refractivity contribution < 1.29 is 191 Å². The maximum atomic E-state index is 14.8. The quantitative estimate of drug-likeness (QED) is 0.0269. The molecule has 1 saturated carbocycles. The van der Waals surface area contributed by atoms with Crippen LogP contribution in [0, 0.1) is 17.8 Å². The minimum absolute atomic E-state index is 0.0583. The van der Waals surface area contributed by atoms with Crippen molar-refractivity contribution in [2.24, 2.45) is 17.8 Å². The second-order valence-electron chi connectivity index (χ2n) is 31.9. The largest absolute Gasteiger partial charge is 0.481 e. The monoisotopic (exact) mass is 1810 g/mol. The summed E-state index contributed by atoms with van der Waals surface area (Å²) in [6.07, 6.45) is -35.2. The van der Waals surface area contributed by atoms with Gasteiger partial charge in [0.25, 0.3) is 0 Å². The molecule has 0 bridgehead atoms. The zero-order valence-corrected chi connectivity index (χ0v) is 70.4. The average Bonchev–Trinajstić information content (AvgIpc) is 0.764. The van der Waals surface area contributed by atoms with E-state index in [-0.39, 0.29) is 25.2 Å². The molecule has 4 fully saturated rings. The Balaban J connectivity index is 1.68. The van der Waals surface area contributed by atoms with Gasteiger partial charge < -0.3 is 169 Å². The van der Waals surface area contributed by atoms with Crippen molar-refractivity contribution in [1.29, 1.82) is 0 Å².